The molecule has 1 unspecified atom stereocenters. The van der Waals surface area contributed by atoms with Crippen LogP contribution in [0.4, 0.5) is 0 Å². The number of methoxy groups -OCH3 is 1. The van der Waals surface area contributed by atoms with Crippen LogP contribution >= 0.6 is 0 Å². The van der Waals surface area contributed by atoms with Crippen LogP contribution in [0.15, 0.2) is 67.1 Å². The number of ether oxygens (including phenoxy) is 1. The lowest BCUT2D eigenvalue weighted by atomic mass is 10.1. The number of fused-ring (bicyclic) bond motifs is 1. The number of benzene rings is 1. The van der Waals surface area contributed by atoms with Gasteiger partial charge in [-0.2, -0.15) is 0 Å². The zero-order valence-electron chi connectivity index (χ0n) is 15.9. The predicted octanol–water partition coefficient (Wildman–Crippen LogP) is 2.71. The Bertz CT molecular complexity index is 938. The number of nitrogens with one attached hydrogen (secondary N) is 1. The van der Waals surface area contributed by atoms with Crippen molar-refractivity contribution in [3.05, 3.63) is 83.9 Å². The molecule has 6 nitrogen and oxygen atoms in total. The first-order chi connectivity index (χ1) is 13.7. The molecule has 3 aromatic rings. The average molecular weight is 376 g/mol. The Morgan fingerprint density at radius 2 is 2.18 bits per heavy atom. The van der Waals surface area contributed by atoms with Crippen molar-refractivity contribution in [3.63, 3.8) is 0 Å². The molecule has 1 aliphatic heterocycles. The van der Waals surface area contributed by atoms with Gasteiger partial charge in [0.15, 0.2) is 0 Å². The molecule has 1 N–H and O–H groups in total. The van der Waals surface area contributed by atoms with Gasteiger partial charge in [0, 0.05) is 62.1 Å². The van der Waals surface area contributed by atoms with E-state index in [1.807, 2.05) is 24.4 Å². The van der Waals surface area contributed by atoms with Gasteiger partial charge >= 0.3 is 0 Å². The molecular weight excluding hydrogens is 352 g/mol. The number of hydrogen-bond acceptors (Lipinski definition) is 4. The average Bonchev–Trinajstić information content (AvgIpc) is 3.20. The molecular formula is C22H24N4O2. The van der Waals surface area contributed by atoms with E-state index in [4.69, 9.17) is 4.74 Å². The Hall–Kier alpha value is -3.12. The molecule has 0 bridgehead atoms. The molecule has 3 heterocycles. The van der Waals surface area contributed by atoms with Gasteiger partial charge in [0.1, 0.15) is 5.75 Å². The summed E-state index contributed by atoms with van der Waals surface area (Å²) in [5.41, 5.74) is 3.07. The van der Waals surface area contributed by atoms with Gasteiger partial charge in [0.05, 0.1) is 7.11 Å². The Morgan fingerprint density at radius 3 is 3.00 bits per heavy atom. The molecule has 0 saturated carbocycles. The first-order valence-corrected chi connectivity index (χ1v) is 9.42. The van der Waals surface area contributed by atoms with E-state index in [0.29, 0.717) is 17.9 Å². The Kier molecular flexibility index (Phi) is 5.39. The summed E-state index contributed by atoms with van der Waals surface area (Å²) in [6.07, 6.45) is 5.80. The third kappa shape index (κ3) is 4.07. The molecule has 0 fully saturated rings. The number of carbonyl (C=O) groups excluding carboxylic acids is 1. The van der Waals surface area contributed by atoms with Crippen molar-refractivity contribution < 1.29 is 9.53 Å². The van der Waals surface area contributed by atoms with Crippen LogP contribution in [-0.4, -0.2) is 40.1 Å². The molecule has 144 valence electrons. The third-order valence-corrected chi connectivity index (χ3v) is 5.15. The minimum Gasteiger partial charge on any atom is -0.497 e. The monoisotopic (exact) mass is 376 g/mol. The van der Waals surface area contributed by atoms with E-state index in [1.165, 1.54) is 11.3 Å². The zero-order chi connectivity index (χ0) is 19.3. The number of amides is 1. The van der Waals surface area contributed by atoms with Crippen LogP contribution in [0.25, 0.3) is 0 Å². The largest absolute Gasteiger partial charge is 0.497 e. The summed E-state index contributed by atoms with van der Waals surface area (Å²) in [6, 6.07) is 15.7. The summed E-state index contributed by atoms with van der Waals surface area (Å²) in [5, 5.41) is 3.09. The smallest absolute Gasteiger partial charge is 0.251 e. The molecule has 1 aromatic carbocycles. The molecule has 0 aliphatic carbocycles. The number of nitrogens with zero attached hydrogens (tertiary/aromatic N) is 3. The Balaban J connectivity index is 1.46. The van der Waals surface area contributed by atoms with E-state index in [-0.39, 0.29) is 11.9 Å². The summed E-state index contributed by atoms with van der Waals surface area (Å²) in [6.45, 7) is 3.08. The highest BCUT2D eigenvalue weighted by molar-refractivity contribution is 5.94. The number of aromatic nitrogens is 2. The van der Waals surface area contributed by atoms with Gasteiger partial charge in [-0.1, -0.05) is 12.1 Å². The maximum absolute atomic E-state index is 12.6. The fraction of sp³-hybridized carbons (Fsp3) is 0.273. The summed E-state index contributed by atoms with van der Waals surface area (Å²) >= 11 is 0. The first kappa shape index (κ1) is 18.3. The highest BCUT2D eigenvalue weighted by Crippen LogP contribution is 2.20. The highest BCUT2D eigenvalue weighted by atomic mass is 16.5. The molecule has 0 saturated heterocycles. The second-order valence-electron chi connectivity index (χ2n) is 7.01. The fourth-order valence-electron chi connectivity index (χ4n) is 3.63. The van der Waals surface area contributed by atoms with Crippen LogP contribution in [0.1, 0.15) is 21.6 Å². The lowest BCUT2D eigenvalue weighted by Gasteiger charge is -2.37. The van der Waals surface area contributed by atoms with Gasteiger partial charge in [0.2, 0.25) is 0 Å². The summed E-state index contributed by atoms with van der Waals surface area (Å²) in [7, 11) is 1.60. The quantitative estimate of drug-likeness (QED) is 0.719. The van der Waals surface area contributed by atoms with Crippen molar-refractivity contribution in [2.75, 3.05) is 13.7 Å². The Labute approximate surface area is 164 Å². The fourth-order valence-corrected chi connectivity index (χ4v) is 3.63. The number of hydrogen-bond donors (Lipinski definition) is 1. The molecule has 0 radical (unpaired) electrons. The van der Waals surface area contributed by atoms with E-state index in [1.54, 1.807) is 25.4 Å². The van der Waals surface area contributed by atoms with Gasteiger partial charge in [-0.25, -0.2) is 0 Å². The van der Waals surface area contributed by atoms with Crippen LogP contribution in [0.2, 0.25) is 0 Å². The molecule has 28 heavy (non-hydrogen) atoms. The van der Waals surface area contributed by atoms with Crippen molar-refractivity contribution in [2.24, 2.45) is 0 Å². The maximum atomic E-state index is 12.6. The van der Waals surface area contributed by atoms with Crippen molar-refractivity contribution in [1.29, 1.82) is 0 Å². The van der Waals surface area contributed by atoms with Crippen LogP contribution in [0, 0.1) is 0 Å². The summed E-state index contributed by atoms with van der Waals surface area (Å²) in [4.78, 5) is 19.2. The normalized spacial score (nSPS) is 16.4. The van der Waals surface area contributed by atoms with Gasteiger partial charge in [0.25, 0.3) is 5.91 Å². The number of carbonyl (C=O) groups is 1. The molecule has 1 atom stereocenters. The topological polar surface area (TPSA) is 59.4 Å². The number of rotatable bonds is 6. The molecule has 6 heteroatoms. The molecule has 0 spiro atoms. The summed E-state index contributed by atoms with van der Waals surface area (Å²) in [5.74, 6) is 0.596. The van der Waals surface area contributed by atoms with E-state index >= 15 is 0 Å². The first-order valence-electron chi connectivity index (χ1n) is 9.42. The van der Waals surface area contributed by atoms with Crippen molar-refractivity contribution in [1.82, 2.24) is 19.8 Å². The minimum absolute atomic E-state index is 0.0847. The highest BCUT2D eigenvalue weighted by Gasteiger charge is 2.26. The lowest BCUT2D eigenvalue weighted by molar-refractivity contribution is 0.0898. The van der Waals surface area contributed by atoms with Crippen molar-refractivity contribution in [3.8, 4) is 5.75 Å². The van der Waals surface area contributed by atoms with Crippen LogP contribution in [-0.2, 0) is 19.6 Å². The minimum atomic E-state index is -0.0847. The standard InChI is InChI=1S/C22H24N4O2/c1-28-21-8-2-6-18(11-21)22(27)24-13-20-16-25-10-4-7-19(25)15-26(20)14-17-5-3-9-23-12-17/h2-12,20H,13-16H2,1H3,(H,24,27). The Morgan fingerprint density at radius 1 is 1.25 bits per heavy atom. The van der Waals surface area contributed by atoms with Crippen LogP contribution in [0.3, 0.4) is 0 Å². The van der Waals surface area contributed by atoms with Gasteiger partial charge in [-0.05, 0) is 42.0 Å². The van der Waals surface area contributed by atoms with Gasteiger partial charge in [-0.15, -0.1) is 0 Å². The predicted molar refractivity (Wildman–Crippen MR) is 107 cm³/mol. The SMILES string of the molecule is COc1cccc(C(=O)NCC2Cn3cccc3CN2Cc2cccnc2)c1. The second-order valence-corrected chi connectivity index (χ2v) is 7.01. The van der Waals surface area contributed by atoms with Crippen LogP contribution < -0.4 is 10.1 Å². The number of pyridine rings is 1. The molecule has 4 rings (SSSR count). The lowest BCUT2D eigenvalue weighted by Crippen LogP contribution is -2.48. The van der Waals surface area contributed by atoms with E-state index in [9.17, 15) is 4.79 Å². The molecule has 2 aromatic heterocycles. The molecule has 1 amide bonds. The van der Waals surface area contributed by atoms with Gasteiger partial charge < -0.3 is 14.6 Å². The second kappa shape index (κ2) is 8.27. The molecule has 1 aliphatic rings. The van der Waals surface area contributed by atoms with Crippen molar-refractivity contribution in [2.45, 2.75) is 25.7 Å². The van der Waals surface area contributed by atoms with Gasteiger partial charge in [-0.3, -0.25) is 14.7 Å². The van der Waals surface area contributed by atoms with Crippen LogP contribution in [0.5, 0.6) is 5.75 Å². The summed E-state index contributed by atoms with van der Waals surface area (Å²) < 4.78 is 7.48. The van der Waals surface area contributed by atoms with Crippen molar-refractivity contribution >= 4 is 5.91 Å². The van der Waals surface area contributed by atoms with E-state index in [2.05, 4.69) is 44.2 Å². The van der Waals surface area contributed by atoms with E-state index in [0.717, 1.165) is 19.6 Å². The van der Waals surface area contributed by atoms with E-state index < -0.39 is 0 Å². The third-order valence-electron chi connectivity index (χ3n) is 5.15. The maximum Gasteiger partial charge on any atom is 0.251 e. The zero-order valence-corrected chi connectivity index (χ0v) is 15.9.